The Kier molecular flexibility index (Phi) is 7.82. The largest absolute Gasteiger partial charge is 0.497 e. The van der Waals surface area contributed by atoms with Crippen molar-refractivity contribution in [3.8, 4) is 17.6 Å². The van der Waals surface area contributed by atoms with Gasteiger partial charge in [-0.1, -0.05) is 18.5 Å². The van der Waals surface area contributed by atoms with Gasteiger partial charge in [0.2, 0.25) is 9.84 Å². The van der Waals surface area contributed by atoms with Crippen LogP contribution in [-0.4, -0.2) is 28.2 Å². The monoisotopic (exact) mass is 463 g/mol. The van der Waals surface area contributed by atoms with Crippen LogP contribution in [0.25, 0.3) is 0 Å². The number of nitrogens with zero attached hydrogens (tertiary/aromatic N) is 1. The number of allylic oxidation sites excluding steroid dienone is 1. The van der Waals surface area contributed by atoms with Gasteiger partial charge in [-0.15, -0.1) is 0 Å². The van der Waals surface area contributed by atoms with E-state index in [2.05, 4.69) is 10.6 Å². The number of rotatable bonds is 9. The van der Waals surface area contributed by atoms with Gasteiger partial charge in [-0.3, -0.25) is 0 Å². The fourth-order valence-electron chi connectivity index (χ4n) is 2.58. The quantitative estimate of drug-likeness (QED) is 0.519. The zero-order valence-corrected chi connectivity index (χ0v) is 19.7. The summed E-state index contributed by atoms with van der Waals surface area (Å²) in [5.41, 5.74) is -0.00670. The zero-order valence-electron chi connectivity index (χ0n) is 18.1. The van der Waals surface area contributed by atoms with E-state index in [-0.39, 0.29) is 10.7 Å². The van der Waals surface area contributed by atoms with E-state index < -0.39 is 20.3 Å². The van der Waals surface area contributed by atoms with Crippen LogP contribution < -0.4 is 20.1 Å². The Hall–Kier alpha value is -2.89. The fourth-order valence-corrected chi connectivity index (χ4v) is 3.92. The summed E-state index contributed by atoms with van der Waals surface area (Å²) >= 11 is 5.89. The minimum atomic E-state index is -4.13. The Morgan fingerprint density at radius 1 is 1.10 bits per heavy atom. The van der Waals surface area contributed by atoms with Gasteiger partial charge in [0.05, 0.1) is 19.1 Å². The number of hydrogen-bond acceptors (Lipinski definition) is 7. The highest BCUT2D eigenvalue weighted by Gasteiger charge is 2.28. The van der Waals surface area contributed by atoms with Crippen molar-refractivity contribution >= 4 is 27.1 Å². The molecule has 0 bridgehead atoms. The van der Waals surface area contributed by atoms with Crippen molar-refractivity contribution in [3.63, 3.8) is 0 Å². The van der Waals surface area contributed by atoms with Crippen molar-refractivity contribution in [3.05, 3.63) is 58.2 Å². The van der Waals surface area contributed by atoms with Gasteiger partial charge in [0.25, 0.3) is 0 Å². The molecule has 2 aromatic rings. The van der Waals surface area contributed by atoms with Crippen LogP contribution in [0.2, 0.25) is 5.02 Å². The topological polar surface area (TPSA) is 100 Å². The maximum absolute atomic E-state index is 13.3. The van der Waals surface area contributed by atoms with Crippen molar-refractivity contribution < 1.29 is 17.9 Å². The molecule has 2 aromatic carbocycles. The predicted octanol–water partition coefficient (Wildman–Crippen LogP) is 4.71. The number of ether oxygens (including phenoxy) is 2. The van der Waals surface area contributed by atoms with Gasteiger partial charge < -0.3 is 20.1 Å². The smallest absolute Gasteiger partial charge is 0.220 e. The molecule has 0 fully saturated rings. The first kappa shape index (κ1) is 24.4. The predicted molar refractivity (Wildman–Crippen MR) is 122 cm³/mol. The third-order valence-electron chi connectivity index (χ3n) is 4.69. The summed E-state index contributed by atoms with van der Waals surface area (Å²) in [6.45, 7) is 5.77. The molecule has 0 unspecified atom stereocenters. The molecule has 0 saturated heterocycles. The molecule has 0 atom stereocenters. The van der Waals surface area contributed by atoms with Gasteiger partial charge in [-0.2, -0.15) is 5.26 Å². The molecule has 0 radical (unpaired) electrons. The van der Waals surface area contributed by atoms with Crippen LogP contribution in [0.5, 0.6) is 11.5 Å². The van der Waals surface area contributed by atoms with E-state index in [9.17, 15) is 13.7 Å². The van der Waals surface area contributed by atoms with E-state index in [0.717, 1.165) is 0 Å². The van der Waals surface area contributed by atoms with Gasteiger partial charge in [0, 0.05) is 34.4 Å². The third-order valence-corrected chi connectivity index (χ3v) is 6.67. The van der Waals surface area contributed by atoms with Crippen molar-refractivity contribution in [1.29, 1.82) is 5.26 Å². The van der Waals surface area contributed by atoms with Crippen LogP contribution in [0.3, 0.4) is 0 Å². The number of nitriles is 1. The molecule has 0 aliphatic carbocycles. The number of nitrogens with one attached hydrogen (secondary N) is 2. The maximum Gasteiger partial charge on any atom is 0.220 e. The second kappa shape index (κ2) is 9.94. The van der Waals surface area contributed by atoms with Crippen LogP contribution >= 0.6 is 11.6 Å². The zero-order chi connectivity index (χ0) is 23.2. The van der Waals surface area contributed by atoms with Gasteiger partial charge in [0.15, 0.2) is 4.91 Å². The summed E-state index contributed by atoms with van der Waals surface area (Å²) in [6.07, 6.45) is 0.680. The lowest BCUT2D eigenvalue weighted by Gasteiger charge is -2.29. The fraction of sp³-hybridized carbons (Fsp3) is 0.318. The van der Waals surface area contributed by atoms with Gasteiger partial charge in [-0.25, -0.2) is 8.42 Å². The van der Waals surface area contributed by atoms with Crippen LogP contribution in [0.1, 0.15) is 27.2 Å². The van der Waals surface area contributed by atoms with Crippen LogP contribution in [-0.2, 0) is 9.84 Å². The summed E-state index contributed by atoms with van der Waals surface area (Å²) in [4.78, 5) is -0.481. The van der Waals surface area contributed by atoms with E-state index >= 15 is 0 Å². The van der Waals surface area contributed by atoms with Crippen molar-refractivity contribution in [2.75, 3.05) is 19.5 Å². The van der Waals surface area contributed by atoms with Crippen LogP contribution in [0.15, 0.2) is 58.1 Å². The standard InChI is InChI=1S/C22H26ClN3O4S/c1-6-22(2,3)26-21(25-16-11-17(29-4)13-18(12-16)30-5)20(14-24)31(27,28)19-9-7-15(23)8-10-19/h7-13,25-26H,6H2,1-5H3/b21-20-. The summed E-state index contributed by atoms with van der Waals surface area (Å²) < 4.78 is 37.1. The van der Waals surface area contributed by atoms with E-state index in [1.165, 1.54) is 38.5 Å². The number of anilines is 1. The number of benzene rings is 2. The Morgan fingerprint density at radius 3 is 2.10 bits per heavy atom. The summed E-state index contributed by atoms with van der Waals surface area (Å²) in [6, 6.07) is 12.6. The second-order valence-electron chi connectivity index (χ2n) is 7.36. The van der Waals surface area contributed by atoms with Gasteiger partial charge in [0.1, 0.15) is 23.4 Å². The van der Waals surface area contributed by atoms with E-state index in [1.807, 2.05) is 26.8 Å². The van der Waals surface area contributed by atoms with Crippen molar-refractivity contribution in [1.82, 2.24) is 5.32 Å². The highest BCUT2D eigenvalue weighted by atomic mass is 35.5. The molecule has 2 N–H and O–H groups in total. The SMILES string of the molecule is CCC(C)(C)N/C(Nc1cc(OC)cc(OC)c1)=C(/C#N)S(=O)(=O)c1ccc(Cl)cc1. The Balaban J connectivity index is 2.67. The lowest BCUT2D eigenvalue weighted by atomic mass is 10.0. The van der Waals surface area contributed by atoms with Crippen molar-refractivity contribution in [2.24, 2.45) is 0 Å². The molecule has 0 aliphatic heterocycles. The third kappa shape index (κ3) is 6.06. The first-order chi connectivity index (χ1) is 14.6. The van der Waals surface area contributed by atoms with E-state index in [0.29, 0.717) is 28.6 Å². The number of methoxy groups -OCH3 is 2. The maximum atomic E-state index is 13.3. The lowest BCUT2D eigenvalue weighted by molar-refractivity contribution is 0.394. The van der Waals surface area contributed by atoms with Crippen LogP contribution in [0, 0.1) is 11.3 Å². The molecule has 0 amide bonds. The number of hydrogen-bond donors (Lipinski definition) is 2. The molecule has 31 heavy (non-hydrogen) atoms. The second-order valence-corrected chi connectivity index (χ2v) is 9.69. The molecule has 0 saturated carbocycles. The Morgan fingerprint density at radius 2 is 1.65 bits per heavy atom. The molecular weight excluding hydrogens is 438 g/mol. The lowest BCUT2D eigenvalue weighted by Crippen LogP contribution is -2.41. The summed E-state index contributed by atoms with van der Waals surface area (Å²) in [5, 5.41) is 16.5. The van der Waals surface area contributed by atoms with E-state index in [1.54, 1.807) is 18.2 Å². The van der Waals surface area contributed by atoms with Gasteiger partial charge >= 0.3 is 0 Å². The average Bonchev–Trinajstić information content (AvgIpc) is 2.73. The average molecular weight is 464 g/mol. The molecular formula is C22H26ClN3O4S. The molecule has 0 aliphatic rings. The molecule has 166 valence electrons. The van der Waals surface area contributed by atoms with Gasteiger partial charge in [-0.05, 0) is 44.5 Å². The highest BCUT2D eigenvalue weighted by molar-refractivity contribution is 7.95. The molecule has 2 rings (SSSR count). The molecule has 0 heterocycles. The first-order valence-electron chi connectivity index (χ1n) is 9.49. The summed E-state index contributed by atoms with van der Waals surface area (Å²) in [5.74, 6) is 1.07. The summed E-state index contributed by atoms with van der Waals surface area (Å²) in [7, 11) is -1.10. The minimum absolute atomic E-state index is 0.0351. The van der Waals surface area contributed by atoms with Crippen molar-refractivity contribution in [2.45, 2.75) is 37.6 Å². The molecule has 9 heteroatoms. The van der Waals surface area contributed by atoms with E-state index in [4.69, 9.17) is 21.1 Å². The number of halogens is 1. The molecule has 0 spiro atoms. The Labute approximate surface area is 188 Å². The van der Waals surface area contributed by atoms with Crippen LogP contribution in [0.4, 0.5) is 5.69 Å². The Bertz CT molecular complexity index is 1080. The molecule has 0 aromatic heterocycles. The highest BCUT2D eigenvalue weighted by Crippen LogP contribution is 2.29. The normalized spacial score (nSPS) is 12.4. The number of sulfone groups is 1. The molecule has 7 nitrogen and oxygen atoms in total. The minimum Gasteiger partial charge on any atom is -0.497 e. The first-order valence-corrected chi connectivity index (χ1v) is 11.4.